The van der Waals surface area contributed by atoms with E-state index < -0.39 is 0 Å². The van der Waals surface area contributed by atoms with E-state index in [1.165, 1.54) is 5.39 Å². The van der Waals surface area contributed by atoms with Crippen molar-refractivity contribution in [1.29, 1.82) is 0 Å². The van der Waals surface area contributed by atoms with Gasteiger partial charge in [-0.3, -0.25) is 4.98 Å². The minimum absolute atomic E-state index is 0.486. The average Bonchev–Trinajstić information content (AvgIpc) is 2.44. The molecule has 106 valence electrons. The molecular weight excluding hydrogens is 248 g/mol. The first-order valence-corrected chi connectivity index (χ1v) is 7.03. The molecular formula is C16H22N4. The summed E-state index contributed by atoms with van der Waals surface area (Å²) in [5, 5.41) is 5.45. The van der Waals surface area contributed by atoms with Crippen molar-refractivity contribution in [1.82, 2.24) is 10.3 Å². The van der Waals surface area contributed by atoms with Crippen LogP contribution in [0.4, 0.5) is 0 Å². The van der Waals surface area contributed by atoms with Crippen LogP contribution in [0.5, 0.6) is 0 Å². The van der Waals surface area contributed by atoms with Crippen molar-refractivity contribution in [2.24, 2.45) is 16.6 Å². The van der Waals surface area contributed by atoms with Gasteiger partial charge in [0.2, 0.25) is 0 Å². The summed E-state index contributed by atoms with van der Waals surface area (Å²) in [5.74, 6) is 1.15. The van der Waals surface area contributed by atoms with E-state index >= 15 is 0 Å². The summed E-state index contributed by atoms with van der Waals surface area (Å²) >= 11 is 0. The van der Waals surface area contributed by atoms with Crippen molar-refractivity contribution in [3.63, 3.8) is 0 Å². The largest absolute Gasteiger partial charge is 0.370 e. The van der Waals surface area contributed by atoms with Gasteiger partial charge in [-0.2, -0.15) is 0 Å². The molecule has 0 atom stereocenters. The second-order valence-electron chi connectivity index (χ2n) is 5.29. The van der Waals surface area contributed by atoms with E-state index in [9.17, 15) is 0 Å². The Morgan fingerprint density at radius 1 is 1.30 bits per heavy atom. The number of hydrogen-bond acceptors (Lipinski definition) is 2. The predicted molar refractivity (Wildman–Crippen MR) is 84.5 cm³/mol. The van der Waals surface area contributed by atoms with Crippen LogP contribution in [-0.4, -0.2) is 17.5 Å². The summed E-state index contributed by atoms with van der Waals surface area (Å²) in [7, 11) is 0. The van der Waals surface area contributed by atoms with Gasteiger partial charge in [0.05, 0.1) is 12.2 Å². The van der Waals surface area contributed by atoms with E-state index in [0.29, 0.717) is 18.4 Å². The van der Waals surface area contributed by atoms with E-state index in [0.717, 1.165) is 24.0 Å². The summed E-state index contributed by atoms with van der Waals surface area (Å²) in [6.45, 7) is 5.74. The number of rotatable bonds is 5. The number of fused-ring (bicyclic) bond motifs is 1. The Balaban J connectivity index is 2.01. The van der Waals surface area contributed by atoms with Crippen molar-refractivity contribution < 1.29 is 0 Å². The fourth-order valence-electron chi connectivity index (χ4n) is 2.01. The Morgan fingerprint density at radius 2 is 2.10 bits per heavy atom. The monoisotopic (exact) mass is 270 g/mol. The van der Waals surface area contributed by atoms with Gasteiger partial charge in [-0.25, -0.2) is 4.99 Å². The predicted octanol–water partition coefficient (Wildman–Crippen LogP) is 2.69. The summed E-state index contributed by atoms with van der Waals surface area (Å²) in [6.07, 6.45) is 2.90. The Bertz CT molecular complexity index is 585. The molecule has 0 saturated carbocycles. The number of pyridine rings is 1. The molecule has 0 aliphatic rings. The Hall–Kier alpha value is -2.10. The number of hydrogen-bond donors (Lipinski definition) is 2. The first-order chi connectivity index (χ1) is 9.66. The number of nitrogens with two attached hydrogens (primary N) is 1. The molecule has 0 saturated heterocycles. The summed E-state index contributed by atoms with van der Waals surface area (Å²) in [5.41, 5.74) is 6.82. The van der Waals surface area contributed by atoms with E-state index in [1.807, 2.05) is 24.4 Å². The van der Waals surface area contributed by atoms with Crippen LogP contribution in [0.2, 0.25) is 0 Å². The van der Waals surface area contributed by atoms with E-state index in [2.05, 4.69) is 41.3 Å². The molecule has 0 aliphatic carbocycles. The molecule has 3 N–H and O–H groups in total. The van der Waals surface area contributed by atoms with Gasteiger partial charge in [-0.15, -0.1) is 0 Å². The average molecular weight is 270 g/mol. The summed E-state index contributed by atoms with van der Waals surface area (Å²) < 4.78 is 0. The normalized spacial score (nSPS) is 12.1. The van der Waals surface area contributed by atoms with E-state index in [-0.39, 0.29) is 0 Å². The molecule has 0 amide bonds. The van der Waals surface area contributed by atoms with Gasteiger partial charge in [0.1, 0.15) is 0 Å². The number of aliphatic imine (C=N–C) groups is 1. The lowest BCUT2D eigenvalue weighted by atomic mass is 10.1. The molecule has 0 aliphatic heterocycles. The van der Waals surface area contributed by atoms with Gasteiger partial charge >= 0.3 is 0 Å². The zero-order valence-corrected chi connectivity index (χ0v) is 12.1. The van der Waals surface area contributed by atoms with Gasteiger partial charge in [0.25, 0.3) is 0 Å². The molecule has 0 radical (unpaired) electrons. The molecule has 0 fully saturated rings. The first-order valence-electron chi connectivity index (χ1n) is 7.03. The standard InChI is InChI=1S/C16H22N4/c1-12(2)7-9-19-16(17)20-11-15-14-6-4-3-5-13(14)8-10-18-15/h3-6,8,10,12H,7,9,11H2,1-2H3,(H3,17,19,20). The number of nitrogens with one attached hydrogen (secondary N) is 1. The zero-order chi connectivity index (χ0) is 14.4. The third-order valence-electron chi connectivity index (χ3n) is 3.18. The number of aromatic nitrogens is 1. The zero-order valence-electron chi connectivity index (χ0n) is 12.1. The van der Waals surface area contributed by atoms with Gasteiger partial charge < -0.3 is 11.1 Å². The van der Waals surface area contributed by atoms with Crippen molar-refractivity contribution >= 4 is 16.7 Å². The molecule has 4 nitrogen and oxygen atoms in total. The smallest absolute Gasteiger partial charge is 0.188 e. The second-order valence-corrected chi connectivity index (χ2v) is 5.29. The van der Waals surface area contributed by atoms with Crippen LogP contribution >= 0.6 is 0 Å². The van der Waals surface area contributed by atoms with Crippen LogP contribution in [0.25, 0.3) is 10.8 Å². The number of nitrogens with zero attached hydrogens (tertiary/aromatic N) is 2. The molecule has 20 heavy (non-hydrogen) atoms. The SMILES string of the molecule is CC(C)CCNC(N)=NCc1nccc2ccccc12. The fraction of sp³-hybridized carbons (Fsp3) is 0.375. The fourth-order valence-corrected chi connectivity index (χ4v) is 2.01. The molecule has 1 aromatic heterocycles. The molecule has 0 bridgehead atoms. The lowest BCUT2D eigenvalue weighted by Crippen LogP contribution is -2.32. The van der Waals surface area contributed by atoms with Gasteiger partial charge in [-0.1, -0.05) is 38.1 Å². The van der Waals surface area contributed by atoms with E-state index in [1.54, 1.807) is 0 Å². The minimum Gasteiger partial charge on any atom is -0.370 e. The first kappa shape index (κ1) is 14.3. The van der Waals surface area contributed by atoms with Crippen molar-refractivity contribution in [3.05, 3.63) is 42.2 Å². The molecule has 1 heterocycles. The highest BCUT2D eigenvalue weighted by molar-refractivity contribution is 5.84. The van der Waals surface area contributed by atoms with Gasteiger partial charge in [0.15, 0.2) is 5.96 Å². The summed E-state index contributed by atoms with van der Waals surface area (Å²) in [4.78, 5) is 8.76. The lowest BCUT2D eigenvalue weighted by Gasteiger charge is -2.08. The number of guanidine groups is 1. The number of benzene rings is 1. The van der Waals surface area contributed by atoms with Crippen molar-refractivity contribution in [2.75, 3.05) is 6.54 Å². The molecule has 2 aromatic rings. The Kier molecular flexibility index (Phi) is 4.93. The Morgan fingerprint density at radius 3 is 2.90 bits per heavy atom. The third-order valence-corrected chi connectivity index (χ3v) is 3.18. The third kappa shape index (κ3) is 3.95. The quantitative estimate of drug-likeness (QED) is 0.648. The van der Waals surface area contributed by atoms with Crippen LogP contribution in [-0.2, 0) is 6.54 Å². The van der Waals surface area contributed by atoms with E-state index in [4.69, 9.17) is 5.73 Å². The highest BCUT2D eigenvalue weighted by atomic mass is 15.1. The van der Waals surface area contributed by atoms with Crippen molar-refractivity contribution in [2.45, 2.75) is 26.8 Å². The highest BCUT2D eigenvalue weighted by Crippen LogP contribution is 2.16. The lowest BCUT2D eigenvalue weighted by molar-refractivity contribution is 0.576. The van der Waals surface area contributed by atoms with Crippen LogP contribution in [0.15, 0.2) is 41.5 Å². The molecule has 0 spiro atoms. The minimum atomic E-state index is 0.486. The molecule has 4 heteroatoms. The second kappa shape index (κ2) is 6.89. The van der Waals surface area contributed by atoms with Crippen LogP contribution < -0.4 is 11.1 Å². The molecule has 2 rings (SSSR count). The maximum Gasteiger partial charge on any atom is 0.188 e. The highest BCUT2D eigenvalue weighted by Gasteiger charge is 2.01. The van der Waals surface area contributed by atoms with Crippen LogP contribution in [0.3, 0.4) is 0 Å². The van der Waals surface area contributed by atoms with Crippen LogP contribution in [0, 0.1) is 5.92 Å². The topological polar surface area (TPSA) is 63.3 Å². The maximum atomic E-state index is 5.86. The van der Waals surface area contributed by atoms with Gasteiger partial charge in [-0.05, 0) is 23.8 Å². The van der Waals surface area contributed by atoms with Crippen molar-refractivity contribution in [3.8, 4) is 0 Å². The molecule has 0 unspecified atom stereocenters. The van der Waals surface area contributed by atoms with Gasteiger partial charge in [0, 0.05) is 18.1 Å². The summed E-state index contributed by atoms with van der Waals surface area (Å²) in [6, 6.07) is 10.2. The Labute approximate surface area is 120 Å². The van der Waals surface area contributed by atoms with Crippen LogP contribution in [0.1, 0.15) is 26.0 Å². The maximum absolute atomic E-state index is 5.86. The molecule has 1 aromatic carbocycles.